The fraction of sp³-hybridized carbons (Fsp3) is 0.545. The van der Waals surface area contributed by atoms with Crippen LogP contribution in [-0.2, 0) is 0 Å². The van der Waals surface area contributed by atoms with Gasteiger partial charge in [0.05, 0.1) is 17.4 Å². The summed E-state index contributed by atoms with van der Waals surface area (Å²) in [6.07, 6.45) is 5.21. The van der Waals surface area contributed by atoms with Gasteiger partial charge < -0.3 is 10.4 Å². The third kappa shape index (κ3) is 2.28. The molecule has 0 spiro atoms. The molecule has 0 aliphatic heterocycles. The van der Waals surface area contributed by atoms with Gasteiger partial charge in [0.15, 0.2) is 5.82 Å². The number of nitrogens with one attached hydrogen (secondary N) is 1. The Kier molecular flexibility index (Phi) is 3.02. The van der Waals surface area contributed by atoms with Crippen molar-refractivity contribution in [3.05, 3.63) is 17.8 Å². The van der Waals surface area contributed by atoms with Gasteiger partial charge in [-0.05, 0) is 18.9 Å². The van der Waals surface area contributed by atoms with E-state index in [1.165, 1.54) is 6.20 Å². The Balaban J connectivity index is 2.02. The van der Waals surface area contributed by atoms with E-state index in [0.717, 1.165) is 25.7 Å². The molecule has 1 fully saturated rings. The summed E-state index contributed by atoms with van der Waals surface area (Å²) in [5.41, 5.74) is -0.193. The molecule has 2 rings (SSSR count). The highest BCUT2D eigenvalue weighted by Crippen LogP contribution is 2.29. The van der Waals surface area contributed by atoms with Crippen LogP contribution < -0.4 is 5.32 Å². The highest BCUT2D eigenvalue weighted by atomic mass is 16.3. The fourth-order valence-electron chi connectivity index (χ4n) is 2.01. The first-order valence-corrected chi connectivity index (χ1v) is 5.42. The van der Waals surface area contributed by atoms with Crippen LogP contribution >= 0.6 is 0 Å². The van der Waals surface area contributed by atoms with Crippen LogP contribution in [0.3, 0.4) is 0 Å². The van der Waals surface area contributed by atoms with Crippen LogP contribution in [0.1, 0.15) is 31.2 Å². The van der Waals surface area contributed by atoms with Crippen molar-refractivity contribution >= 4 is 5.82 Å². The molecule has 5 nitrogen and oxygen atoms in total. The maximum absolute atomic E-state index is 10.1. The van der Waals surface area contributed by atoms with Gasteiger partial charge in [0.1, 0.15) is 6.07 Å². The maximum atomic E-state index is 10.1. The van der Waals surface area contributed by atoms with Crippen LogP contribution in [-0.4, -0.2) is 27.4 Å². The zero-order chi connectivity index (χ0) is 11.4. The van der Waals surface area contributed by atoms with E-state index in [4.69, 9.17) is 5.26 Å². The van der Waals surface area contributed by atoms with Crippen LogP contribution in [0.25, 0.3) is 0 Å². The van der Waals surface area contributed by atoms with Gasteiger partial charge in [0.2, 0.25) is 0 Å². The highest BCUT2D eigenvalue weighted by Gasteiger charge is 2.30. The Morgan fingerprint density at radius 1 is 1.50 bits per heavy atom. The van der Waals surface area contributed by atoms with Crippen molar-refractivity contribution in [1.82, 2.24) is 10.2 Å². The van der Waals surface area contributed by atoms with Gasteiger partial charge in [0.25, 0.3) is 0 Å². The number of rotatable bonds is 3. The molecule has 0 radical (unpaired) electrons. The van der Waals surface area contributed by atoms with E-state index in [2.05, 4.69) is 15.5 Å². The first-order chi connectivity index (χ1) is 7.73. The maximum Gasteiger partial charge on any atom is 0.166 e. The summed E-state index contributed by atoms with van der Waals surface area (Å²) in [6, 6.07) is 3.64. The Morgan fingerprint density at radius 3 is 2.94 bits per heavy atom. The largest absolute Gasteiger partial charge is 0.388 e. The third-order valence-electron chi connectivity index (χ3n) is 2.96. The third-order valence-corrected chi connectivity index (χ3v) is 2.96. The van der Waals surface area contributed by atoms with Crippen LogP contribution in [0.4, 0.5) is 5.82 Å². The number of hydrogen-bond donors (Lipinski definition) is 2. The number of aliphatic hydroxyl groups is 1. The van der Waals surface area contributed by atoms with E-state index in [-0.39, 0.29) is 0 Å². The molecule has 0 bridgehead atoms. The van der Waals surface area contributed by atoms with Crippen molar-refractivity contribution in [1.29, 1.82) is 5.26 Å². The minimum Gasteiger partial charge on any atom is -0.388 e. The van der Waals surface area contributed by atoms with Gasteiger partial charge in [-0.25, -0.2) is 0 Å². The minimum absolute atomic E-state index is 0.431. The van der Waals surface area contributed by atoms with Crippen molar-refractivity contribution < 1.29 is 5.11 Å². The van der Waals surface area contributed by atoms with E-state index in [0.29, 0.717) is 17.9 Å². The average Bonchev–Trinajstić information content (AvgIpc) is 2.74. The quantitative estimate of drug-likeness (QED) is 0.792. The number of hydrogen-bond acceptors (Lipinski definition) is 5. The van der Waals surface area contributed by atoms with E-state index < -0.39 is 5.60 Å². The predicted octanol–water partition coefficient (Wildman–Crippen LogP) is 1.07. The lowest BCUT2D eigenvalue weighted by Crippen LogP contribution is -2.33. The monoisotopic (exact) mass is 218 g/mol. The van der Waals surface area contributed by atoms with Gasteiger partial charge >= 0.3 is 0 Å². The number of nitriles is 1. The van der Waals surface area contributed by atoms with E-state index in [1.807, 2.05) is 6.07 Å². The molecule has 1 heterocycles. The Bertz CT molecular complexity index is 407. The van der Waals surface area contributed by atoms with E-state index in [1.54, 1.807) is 6.07 Å². The summed E-state index contributed by atoms with van der Waals surface area (Å²) in [5, 5.41) is 29.5. The molecular formula is C11H14N4O. The van der Waals surface area contributed by atoms with Gasteiger partial charge in [-0.1, -0.05) is 12.8 Å². The van der Waals surface area contributed by atoms with Gasteiger partial charge in [-0.2, -0.15) is 10.4 Å². The summed E-state index contributed by atoms with van der Waals surface area (Å²) in [7, 11) is 0. The second kappa shape index (κ2) is 4.45. The molecule has 0 amide bonds. The van der Waals surface area contributed by atoms with Crippen molar-refractivity contribution in [2.75, 3.05) is 11.9 Å². The molecule has 0 atom stereocenters. The molecule has 2 N–H and O–H groups in total. The zero-order valence-electron chi connectivity index (χ0n) is 8.98. The fourth-order valence-corrected chi connectivity index (χ4v) is 2.01. The molecule has 1 saturated carbocycles. The van der Waals surface area contributed by atoms with Crippen LogP contribution in [0.5, 0.6) is 0 Å². The average molecular weight is 218 g/mol. The normalized spacial score (nSPS) is 18.0. The molecule has 0 aromatic carbocycles. The summed E-state index contributed by atoms with van der Waals surface area (Å²) >= 11 is 0. The molecule has 16 heavy (non-hydrogen) atoms. The Labute approximate surface area is 94.1 Å². The summed E-state index contributed by atoms with van der Waals surface area (Å²) < 4.78 is 0. The number of nitrogens with zero attached hydrogens (tertiary/aromatic N) is 3. The molecule has 1 aliphatic carbocycles. The Morgan fingerprint density at radius 2 is 2.25 bits per heavy atom. The molecule has 1 aromatic heterocycles. The second-order valence-corrected chi connectivity index (χ2v) is 4.19. The van der Waals surface area contributed by atoms with Crippen molar-refractivity contribution in [3.63, 3.8) is 0 Å². The minimum atomic E-state index is -0.649. The molecule has 5 heteroatoms. The lowest BCUT2D eigenvalue weighted by Gasteiger charge is -2.22. The van der Waals surface area contributed by atoms with Crippen molar-refractivity contribution in [2.24, 2.45) is 0 Å². The van der Waals surface area contributed by atoms with Gasteiger partial charge in [0, 0.05) is 6.54 Å². The van der Waals surface area contributed by atoms with E-state index >= 15 is 0 Å². The highest BCUT2D eigenvalue weighted by molar-refractivity contribution is 5.50. The summed E-state index contributed by atoms with van der Waals surface area (Å²) in [5.74, 6) is 0.449. The molecule has 1 aliphatic rings. The van der Waals surface area contributed by atoms with Crippen molar-refractivity contribution in [3.8, 4) is 6.07 Å². The second-order valence-electron chi connectivity index (χ2n) is 4.19. The molecular weight excluding hydrogens is 204 g/mol. The van der Waals surface area contributed by atoms with Crippen LogP contribution in [0, 0.1) is 11.3 Å². The predicted molar refractivity (Wildman–Crippen MR) is 58.7 cm³/mol. The smallest absolute Gasteiger partial charge is 0.166 e. The van der Waals surface area contributed by atoms with Gasteiger partial charge in [-0.3, -0.25) is 0 Å². The van der Waals surface area contributed by atoms with Crippen LogP contribution in [0.15, 0.2) is 12.3 Å². The Hall–Kier alpha value is -1.67. The van der Waals surface area contributed by atoms with Gasteiger partial charge in [-0.15, -0.1) is 5.10 Å². The summed E-state index contributed by atoms with van der Waals surface area (Å²) in [6.45, 7) is 0.431. The molecule has 0 unspecified atom stereocenters. The molecule has 84 valence electrons. The first-order valence-electron chi connectivity index (χ1n) is 5.42. The van der Waals surface area contributed by atoms with Crippen LogP contribution in [0.2, 0.25) is 0 Å². The van der Waals surface area contributed by atoms with Crippen molar-refractivity contribution in [2.45, 2.75) is 31.3 Å². The summed E-state index contributed by atoms with van der Waals surface area (Å²) in [4.78, 5) is 0. The SMILES string of the molecule is N#Cc1ccnnc1NCC1(O)CCCC1. The molecule has 1 aromatic rings. The zero-order valence-corrected chi connectivity index (χ0v) is 8.98. The number of aromatic nitrogens is 2. The lowest BCUT2D eigenvalue weighted by molar-refractivity contribution is 0.0614. The topological polar surface area (TPSA) is 81.8 Å². The molecule has 0 saturated heterocycles. The standard InChI is InChI=1S/C11H14N4O/c12-7-9-3-6-14-15-10(9)13-8-11(16)4-1-2-5-11/h3,6,16H,1-2,4-5,8H2,(H,13,15). The first kappa shape index (κ1) is 10.8. The number of anilines is 1. The van der Waals surface area contributed by atoms with E-state index in [9.17, 15) is 5.11 Å². The lowest BCUT2D eigenvalue weighted by atomic mass is 10.0.